The number of amides is 1. The highest BCUT2D eigenvalue weighted by Gasteiger charge is 2.22. The largest absolute Gasteiger partial charge is 0.508 e. The van der Waals surface area contributed by atoms with Gasteiger partial charge in [0.25, 0.3) is 5.91 Å². The van der Waals surface area contributed by atoms with Crippen LogP contribution in [0.1, 0.15) is 35.7 Å². The van der Waals surface area contributed by atoms with Gasteiger partial charge in [0.2, 0.25) is 0 Å². The van der Waals surface area contributed by atoms with Crippen LogP contribution in [0.25, 0.3) is 11.0 Å². The highest BCUT2D eigenvalue weighted by atomic mass is 16.5. The van der Waals surface area contributed by atoms with Crippen molar-refractivity contribution in [1.29, 1.82) is 0 Å². The minimum absolute atomic E-state index is 0.158. The third kappa shape index (κ3) is 4.02. The zero-order valence-corrected chi connectivity index (χ0v) is 16.4. The number of fused-ring (bicyclic) bond motifs is 1. The van der Waals surface area contributed by atoms with Crippen LogP contribution in [-0.4, -0.2) is 45.0 Å². The number of benzene rings is 1. The van der Waals surface area contributed by atoms with Crippen LogP contribution in [0.2, 0.25) is 0 Å². The summed E-state index contributed by atoms with van der Waals surface area (Å²) in [6.45, 7) is 4.34. The number of phenols is 1. The molecule has 1 aromatic carbocycles. The van der Waals surface area contributed by atoms with Gasteiger partial charge in [0, 0.05) is 44.1 Å². The second-order valence-corrected chi connectivity index (χ2v) is 7.09. The maximum absolute atomic E-state index is 13.0. The molecule has 8 heteroatoms. The van der Waals surface area contributed by atoms with Gasteiger partial charge in [-0.05, 0) is 25.8 Å². The van der Waals surface area contributed by atoms with Gasteiger partial charge < -0.3 is 20.5 Å². The van der Waals surface area contributed by atoms with Gasteiger partial charge in [-0.2, -0.15) is 5.10 Å². The van der Waals surface area contributed by atoms with E-state index in [1.807, 2.05) is 17.7 Å². The smallest absolute Gasteiger partial charge is 0.255 e. The van der Waals surface area contributed by atoms with Crippen LogP contribution in [-0.2, 0) is 17.8 Å². The van der Waals surface area contributed by atoms with Crippen molar-refractivity contribution < 1.29 is 14.6 Å². The van der Waals surface area contributed by atoms with Gasteiger partial charge in [0.05, 0.1) is 22.8 Å². The first-order chi connectivity index (χ1) is 14.2. The third-order valence-electron chi connectivity index (χ3n) is 5.21. The average molecular weight is 395 g/mol. The Morgan fingerprint density at radius 3 is 2.83 bits per heavy atom. The molecule has 0 aliphatic carbocycles. The second-order valence-electron chi connectivity index (χ2n) is 7.09. The summed E-state index contributed by atoms with van der Waals surface area (Å²) in [7, 11) is 0. The topological polar surface area (TPSA) is 101 Å². The summed E-state index contributed by atoms with van der Waals surface area (Å²) in [5.41, 5.74) is 2.62. The van der Waals surface area contributed by atoms with Crippen LogP contribution in [0, 0.1) is 0 Å². The van der Waals surface area contributed by atoms with Gasteiger partial charge in [0.1, 0.15) is 5.75 Å². The molecule has 4 rings (SSSR count). The maximum atomic E-state index is 13.0. The van der Waals surface area contributed by atoms with E-state index in [0.29, 0.717) is 30.9 Å². The minimum atomic E-state index is -0.249. The van der Waals surface area contributed by atoms with Gasteiger partial charge in [-0.15, -0.1) is 0 Å². The lowest BCUT2D eigenvalue weighted by Crippen LogP contribution is -2.30. The molecule has 3 heterocycles. The van der Waals surface area contributed by atoms with Crippen LogP contribution in [0.15, 0.2) is 36.7 Å². The van der Waals surface area contributed by atoms with Crippen molar-refractivity contribution in [3.8, 4) is 5.75 Å². The Balaban J connectivity index is 1.63. The minimum Gasteiger partial charge on any atom is -0.508 e. The standard InChI is InChI=1S/C21H25N5O3/c1-2-26-20-16(13-24-26)19(25-15-7-9-29-10-8-15)17(12-22-20)21(28)23-11-14-5-3-4-6-18(14)27/h3-6,12-13,15,27H,2,7-11H2,1H3,(H,22,25)(H,23,28). The predicted molar refractivity (Wildman–Crippen MR) is 110 cm³/mol. The van der Waals surface area contributed by atoms with Crippen molar-refractivity contribution in [1.82, 2.24) is 20.1 Å². The molecule has 2 aromatic heterocycles. The first kappa shape index (κ1) is 19.2. The molecule has 0 spiro atoms. The van der Waals surface area contributed by atoms with Gasteiger partial charge in [-0.25, -0.2) is 9.67 Å². The van der Waals surface area contributed by atoms with Crippen LogP contribution in [0.5, 0.6) is 5.75 Å². The van der Waals surface area contributed by atoms with Crippen molar-refractivity contribution in [2.75, 3.05) is 18.5 Å². The summed E-state index contributed by atoms with van der Waals surface area (Å²) >= 11 is 0. The first-order valence-electron chi connectivity index (χ1n) is 9.91. The predicted octanol–water partition coefficient (Wildman–Crippen LogP) is 2.68. The quantitative estimate of drug-likeness (QED) is 0.593. The van der Waals surface area contributed by atoms with E-state index in [-0.39, 0.29) is 24.2 Å². The Morgan fingerprint density at radius 2 is 2.07 bits per heavy atom. The van der Waals surface area contributed by atoms with Crippen LogP contribution >= 0.6 is 0 Å². The summed E-state index contributed by atoms with van der Waals surface area (Å²) in [4.78, 5) is 17.5. The lowest BCUT2D eigenvalue weighted by atomic mass is 10.1. The summed E-state index contributed by atoms with van der Waals surface area (Å²) in [5, 5.41) is 21.6. The lowest BCUT2D eigenvalue weighted by molar-refractivity contribution is 0.0904. The molecule has 1 aliphatic rings. The SMILES string of the molecule is CCn1ncc2c(NC3CCOCC3)c(C(=O)NCc3ccccc3O)cnc21. The van der Waals surface area contributed by atoms with E-state index in [2.05, 4.69) is 20.7 Å². The van der Waals surface area contributed by atoms with E-state index in [1.165, 1.54) is 0 Å². The van der Waals surface area contributed by atoms with Crippen LogP contribution < -0.4 is 10.6 Å². The van der Waals surface area contributed by atoms with Crippen molar-refractivity contribution in [2.24, 2.45) is 0 Å². The Hall–Kier alpha value is -3.13. The molecule has 152 valence electrons. The molecule has 0 bridgehead atoms. The van der Waals surface area contributed by atoms with Crippen molar-refractivity contribution in [2.45, 2.75) is 38.9 Å². The van der Waals surface area contributed by atoms with Gasteiger partial charge in [0.15, 0.2) is 5.65 Å². The fraction of sp³-hybridized carbons (Fsp3) is 0.381. The zero-order chi connectivity index (χ0) is 20.2. The van der Waals surface area contributed by atoms with E-state index >= 15 is 0 Å². The molecule has 0 radical (unpaired) electrons. The van der Waals surface area contributed by atoms with Gasteiger partial charge >= 0.3 is 0 Å². The van der Waals surface area contributed by atoms with Gasteiger partial charge in [-0.3, -0.25) is 4.79 Å². The van der Waals surface area contributed by atoms with E-state index in [0.717, 1.165) is 29.6 Å². The molecule has 0 saturated carbocycles. The van der Waals surface area contributed by atoms with E-state index in [9.17, 15) is 9.90 Å². The van der Waals surface area contributed by atoms with Gasteiger partial charge in [-0.1, -0.05) is 18.2 Å². The number of carbonyl (C=O) groups is 1. The fourth-order valence-electron chi connectivity index (χ4n) is 3.56. The van der Waals surface area contributed by atoms with E-state index < -0.39 is 0 Å². The highest BCUT2D eigenvalue weighted by molar-refractivity contribution is 6.06. The zero-order valence-electron chi connectivity index (χ0n) is 16.4. The van der Waals surface area contributed by atoms with E-state index in [1.54, 1.807) is 30.6 Å². The first-order valence-corrected chi connectivity index (χ1v) is 9.91. The number of rotatable bonds is 6. The number of aromatic hydroxyl groups is 1. The Labute approximate surface area is 168 Å². The Bertz CT molecular complexity index is 1010. The summed E-state index contributed by atoms with van der Waals surface area (Å²) in [6.07, 6.45) is 5.11. The molecular formula is C21H25N5O3. The molecule has 0 atom stereocenters. The summed E-state index contributed by atoms with van der Waals surface area (Å²) in [6, 6.07) is 7.19. The third-order valence-corrected chi connectivity index (χ3v) is 5.21. The second kappa shape index (κ2) is 8.48. The molecule has 29 heavy (non-hydrogen) atoms. The monoisotopic (exact) mass is 395 g/mol. The Kier molecular flexibility index (Phi) is 5.62. The van der Waals surface area contributed by atoms with Crippen LogP contribution in [0.4, 0.5) is 5.69 Å². The number of anilines is 1. The summed E-state index contributed by atoms with van der Waals surface area (Å²) in [5.74, 6) is -0.0902. The molecular weight excluding hydrogens is 370 g/mol. The molecule has 3 N–H and O–H groups in total. The van der Waals surface area contributed by atoms with Crippen molar-refractivity contribution in [3.05, 3.63) is 47.8 Å². The molecule has 1 amide bonds. The number of hydrogen-bond acceptors (Lipinski definition) is 6. The number of nitrogens with zero attached hydrogens (tertiary/aromatic N) is 3. The highest BCUT2D eigenvalue weighted by Crippen LogP contribution is 2.28. The number of aromatic nitrogens is 3. The number of aryl methyl sites for hydroxylation is 1. The average Bonchev–Trinajstić information content (AvgIpc) is 3.17. The van der Waals surface area contributed by atoms with Crippen LogP contribution in [0.3, 0.4) is 0 Å². The molecule has 1 fully saturated rings. The summed E-state index contributed by atoms with van der Waals surface area (Å²) < 4.78 is 7.26. The molecule has 1 aliphatic heterocycles. The number of ether oxygens (including phenoxy) is 1. The normalized spacial score (nSPS) is 14.8. The number of pyridine rings is 1. The number of para-hydroxylation sites is 1. The fourth-order valence-corrected chi connectivity index (χ4v) is 3.56. The molecule has 0 unspecified atom stereocenters. The molecule has 3 aromatic rings. The maximum Gasteiger partial charge on any atom is 0.255 e. The lowest BCUT2D eigenvalue weighted by Gasteiger charge is -2.25. The molecule has 1 saturated heterocycles. The van der Waals surface area contributed by atoms with Crippen molar-refractivity contribution in [3.63, 3.8) is 0 Å². The van der Waals surface area contributed by atoms with E-state index in [4.69, 9.17) is 4.74 Å². The number of nitrogens with one attached hydrogen (secondary N) is 2. The van der Waals surface area contributed by atoms with Crippen molar-refractivity contribution >= 4 is 22.6 Å². The number of carbonyl (C=O) groups excluding carboxylic acids is 1. The molecule has 8 nitrogen and oxygen atoms in total. The Morgan fingerprint density at radius 1 is 1.28 bits per heavy atom. The number of hydrogen-bond donors (Lipinski definition) is 3. The number of phenolic OH excluding ortho intramolecular Hbond substituents is 1.